The molecule has 3 atom stereocenters. The van der Waals surface area contributed by atoms with E-state index in [-0.39, 0.29) is 12.0 Å². The van der Waals surface area contributed by atoms with Crippen LogP contribution < -0.4 is 15.2 Å². The van der Waals surface area contributed by atoms with Crippen LogP contribution in [0.25, 0.3) is 0 Å². The summed E-state index contributed by atoms with van der Waals surface area (Å²) in [4.78, 5) is 7.21. The molecule has 0 amide bonds. The molecule has 2 aliphatic rings. The molecule has 1 fully saturated rings. The Hall–Kier alpha value is -2.11. The van der Waals surface area contributed by atoms with E-state index < -0.39 is 0 Å². The van der Waals surface area contributed by atoms with E-state index in [0.717, 1.165) is 43.1 Å². The van der Waals surface area contributed by atoms with Gasteiger partial charge in [-0.05, 0) is 54.7 Å². The zero-order valence-corrected chi connectivity index (χ0v) is 15.7. The van der Waals surface area contributed by atoms with Crippen LogP contribution in [0, 0.1) is 6.92 Å². The summed E-state index contributed by atoms with van der Waals surface area (Å²) >= 11 is 0. The minimum Gasteiger partial charge on any atom is -0.493 e. The predicted molar refractivity (Wildman–Crippen MR) is 102 cm³/mol. The van der Waals surface area contributed by atoms with E-state index in [1.54, 1.807) is 14.2 Å². The van der Waals surface area contributed by atoms with E-state index in [4.69, 9.17) is 15.2 Å². The number of methoxy groups -OCH3 is 2. The number of hydrogen-bond acceptors (Lipinski definition) is 5. The van der Waals surface area contributed by atoms with Crippen LogP contribution in [0.4, 0.5) is 0 Å². The van der Waals surface area contributed by atoms with Crippen molar-refractivity contribution in [2.75, 3.05) is 27.3 Å². The number of benzene rings is 1. The SMILES string of the molecule is COc1cc2c(cc1OC)C1C[C@H](N)[C@@H](c3ncccc3C)CN1CC2. The van der Waals surface area contributed by atoms with Crippen molar-refractivity contribution in [2.24, 2.45) is 5.73 Å². The van der Waals surface area contributed by atoms with Crippen LogP contribution in [0.3, 0.4) is 0 Å². The molecule has 138 valence electrons. The highest BCUT2D eigenvalue weighted by Crippen LogP contribution is 2.44. The van der Waals surface area contributed by atoms with Crippen molar-refractivity contribution in [3.63, 3.8) is 0 Å². The average molecular weight is 353 g/mol. The first-order chi connectivity index (χ1) is 12.6. The van der Waals surface area contributed by atoms with E-state index >= 15 is 0 Å². The van der Waals surface area contributed by atoms with Crippen molar-refractivity contribution in [3.8, 4) is 11.5 Å². The third-order valence-corrected chi connectivity index (χ3v) is 5.96. The van der Waals surface area contributed by atoms with Gasteiger partial charge in [0, 0.05) is 43.0 Å². The van der Waals surface area contributed by atoms with Gasteiger partial charge in [0.15, 0.2) is 11.5 Å². The maximum absolute atomic E-state index is 6.65. The quantitative estimate of drug-likeness (QED) is 0.919. The summed E-state index contributed by atoms with van der Waals surface area (Å²) in [6.45, 7) is 4.13. The lowest BCUT2D eigenvalue weighted by molar-refractivity contribution is 0.108. The van der Waals surface area contributed by atoms with Crippen molar-refractivity contribution in [1.82, 2.24) is 9.88 Å². The molecule has 2 aromatic rings. The molecule has 1 unspecified atom stereocenters. The summed E-state index contributed by atoms with van der Waals surface area (Å²) < 4.78 is 11.0. The van der Waals surface area contributed by atoms with Gasteiger partial charge in [-0.1, -0.05) is 6.07 Å². The van der Waals surface area contributed by atoms with Gasteiger partial charge < -0.3 is 15.2 Å². The van der Waals surface area contributed by atoms with Crippen molar-refractivity contribution < 1.29 is 9.47 Å². The Morgan fingerprint density at radius 1 is 1.19 bits per heavy atom. The van der Waals surface area contributed by atoms with Crippen molar-refractivity contribution in [3.05, 3.63) is 52.8 Å². The maximum Gasteiger partial charge on any atom is 0.161 e. The van der Waals surface area contributed by atoms with Crippen LogP contribution in [-0.2, 0) is 6.42 Å². The molecule has 4 rings (SSSR count). The predicted octanol–water partition coefficient (Wildman–Crippen LogP) is 2.82. The number of aromatic nitrogens is 1. The molecule has 2 N–H and O–H groups in total. The van der Waals surface area contributed by atoms with Crippen LogP contribution in [-0.4, -0.2) is 43.2 Å². The highest BCUT2D eigenvalue weighted by atomic mass is 16.5. The summed E-state index contributed by atoms with van der Waals surface area (Å²) in [6, 6.07) is 8.84. The highest BCUT2D eigenvalue weighted by molar-refractivity contribution is 5.49. The molecule has 2 aliphatic heterocycles. The molecule has 26 heavy (non-hydrogen) atoms. The Balaban J connectivity index is 1.66. The van der Waals surface area contributed by atoms with Crippen LogP contribution in [0.2, 0.25) is 0 Å². The number of hydrogen-bond donors (Lipinski definition) is 1. The van der Waals surface area contributed by atoms with Gasteiger partial charge in [-0.2, -0.15) is 0 Å². The van der Waals surface area contributed by atoms with E-state index in [1.807, 2.05) is 12.3 Å². The standard InChI is InChI=1S/C21H27N3O2/c1-13-5-4-7-23-21(13)16-12-24-8-6-14-9-19(25-2)20(26-3)10-15(14)18(24)11-17(16)22/h4-5,7,9-10,16-18H,6,8,11-12,22H2,1-3H3/t16-,17-,18?/m0/s1. The largest absolute Gasteiger partial charge is 0.493 e. The summed E-state index contributed by atoms with van der Waals surface area (Å²) in [6.07, 6.45) is 3.84. The normalized spacial score (nSPS) is 25.3. The average Bonchev–Trinajstić information content (AvgIpc) is 2.67. The van der Waals surface area contributed by atoms with E-state index in [2.05, 4.69) is 35.0 Å². The fraction of sp³-hybridized carbons (Fsp3) is 0.476. The molecule has 3 heterocycles. The van der Waals surface area contributed by atoms with Crippen LogP contribution in [0.1, 0.15) is 40.8 Å². The molecule has 0 spiro atoms. The van der Waals surface area contributed by atoms with Gasteiger partial charge >= 0.3 is 0 Å². The fourth-order valence-corrected chi connectivity index (χ4v) is 4.56. The molecule has 1 saturated heterocycles. The Bertz CT molecular complexity index is 808. The second-order valence-corrected chi connectivity index (χ2v) is 7.38. The molecule has 0 saturated carbocycles. The lowest BCUT2D eigenvalue weighted by atomic mass is 9.79. The zero-order valence-electron chi connectivity index (χ0n) is 15.7. The minimum atomic E-state index is 0.101. The molecule has 5 nitrogen and oxygen atoms in total. The van der Waals surface area contributed by atoms with Gasteiger partial charge in [-0.25, -0.2) is 0 Å². The van der Waals surface area contributed by atoms with Crippen molar-refractivity contribution in [2.45, 2.75) is 37.8 Å². The molecule has 0 aliphatic carbocycles. The third kappa shape index (κ3) is 2.85. The Morgan fingerprint density at radius 3 is 2.69 bits per heavy atom. The minimum absolute atomic E-state index is 0.101. The number of pyridine rings is 1. The van der Waals surface area contributed by atoms with Crippen LogP contribution in [0.15, 0.2) is 30.5 Å². The first kappa shape index (κ1) is 17.3. The number of piperidine rings is 1. The lowest BCUT2D eigenvalue weighted by Crippen LogP contribution is -2.50. The van der Waals surface area contributed by atoms with Gasteiger partial charge in [0.1, 0.15) is 0 Å². The number of nitrogens with zero attached hydrogens (tertiary/aromatic N) is 2. The summed E-state index contributed by atoms with van der Waals surface area (Å²) in [5, 5.41) is 0. The number of rotatable bonds is 3. The zero-order chi connectivity index (χ0) is 18.3. The topological polar surface area (TPSA) is 60.6 Å². The van der Waals surface area contributed by atoms with Gasteiger partial charge in [0.25, 0.3) is 0 Å². The monoisotopic (exact) mass is 353 g/mol. The summed E-state index contributed by atoms with van der Waals surface area (Å²) in [5.41, 5.74) is 11.7. The van der Waals surface area contributed by atoms with Crippen molar-refractivity contribution >= 4 is 0 Å². The smallest absolute Gasteiger partial charge is 0.161 e. The highest BCUT2D eigenvalue weighted by Gasteiger charge is 2.39. The molecular formula is C21H27N3O2. The number of aryl methyl sites for hydroxylation is 1. The van der Waals surface area contributed by atoms with E-state index in [0.29, 0.717) is 6.04 Å². The van der Waals surface area contributed by atoms with Crippen LogP contribution >= 0.6 is 0 Å². The molecule has 1 aromatic heterocycles. The van der Waals surface area contributed by atoms with Gasteiger partial charge in [-0.3, -0.25) is 9.88 Å². The lowest BCUT2D eigenvalue weighted by Gasteiger charge is -2.46. The fourth-order valence-electron chi connectivity index (χ4n) is 4.56. The molecular weight excluding hydrogens is 326 g/mol. The summed E-state index contributed by atoms with van der Waals surface area (Å²) in [5.74, 6) is 1.89. The number of nitrogens with two attached hydrogens (primary N) is 1. The maximum atomic E-state index is 6.65. The van der Waals surface area contributed by atoms with Gasteiger partial charge in [0.05, 0.1) is 14.2 Å². The molecule has 1 aromatic carbocycles. The summed E-state index contributed by atoms with van der Waals surface area (Å²) in [7, 11) is 3.38. The molecule has 0 radical (unpaired) electrons. The molecule has 0 bridgehead atoms. The number of ether oxygens (including phenoxy) is 2. The second kappa shape index (κ2) is 6.89. The van der Waals surface area contributed by atoms with E-state index in [9.17, 15) is 0 Å². The Morgan fingerprint density at radius 2 is 1.96 bits per heavy atom. The van der Waals surface area contributed by atoms with E-state index in [1.165, 1.54) is 16.7 Å². The van der Waals surface area contributed by atoms with Crippen molar-refractivity contribution in [1.29, 1.82) is 0 Å². The molecule has 5 heteroatoms. The van der Waals surface area contributed by atoms with Crippen LogP contribution in [0.5, 0.6) is 11.5 Å². The first-order valence-corrected chi connectivity index (χ1v) is 9.28. The second-order valence-electron chi connectivity index (χ2n) is 7.38. The van der Waals surface area contributed by atoms with Gasteiger partial charge in [0.2, 0.25) is 0 Å². The van der Waals surface area contributed by atoms with Gasteiger partial charge in [-0.15, -0.1) is 0 Å². The first-order valence-electron chi connectivity index (χ1n) is 9.28. The number of fused-ring (bicyclic) bond motifs is 3. The Labute approximate surface area is 155 Å². The Kier molecular flexibility index (Phi) is 4.59. The third-order valence-electron chi connectivity index (χ3n) is 5.96.